The second kappa shape index (κ2) is 13.8. The number of alkyl halides is 1. The molecule has 3 heterocycles. The lowest BCUT2D eigenvalue weighted by Crippen LogP contribution is -2.55. The monoisotopic (exact) mass is 598 g/mol. The summed E-state index contributed by atoms with van der Waals surface area (Å²) in [7, 11) is 0. The molecule has 0 bridgehead atoms. The van der Waals surface area contributed by atoms with E-state index in [-0.39, 0.29) is 31.7 Å². The molecule has 11 heteroatoms. The van der Waals surface area contributed by atoms with Crippen molar-refractivity contribution in [3.63, 3.8) is 0 Å². The number of hydrogen-bond acceptors (Lipinski definition) is 7. The van der Waals surface area contributed by atoms with Gasteiger partial charge in [0.1, 0.15) is 19.1 Å². The topological polar surface area (TPSA) is 85.6 Å². The van der Waals surface area contributed by atoms with Gasteiger partial charge >= 0.3 is 6.01 Å². The fraction of sp³-hybridized carbons (Fsp3) is 0.548. The largest absolute Gasteiger partial charge is 0.462 e. The van der Waals surface area contributed by atoms with E-state index < -0.39 is 17.8 Å². The van der Waals surface area contributed by atoms with Gasteiger partial charge in [-0.2, -0.15) is 15.2 Å². The number of aromatic nitrogens is 2. The number of nitrogens with zero attached hydrogens (tertiary/aromatic N) is 6. The number of amides is 1. The zero-order valence-electron chi connectivity index (χ0n) is 23.8. The van der Waals surface area contributed by atoms with E-state index in [1.807, 2.05) is 18.2 Å². The first-order valence-corrected chi connectivity index (χ1v) is 15.1. The summed E-state index contributed by atoms with van der Waals surface area (Å²) < 4.78 is 32.7. The first-order valence-electron chi connectivity index (χ1n) is 14.7. The Morgan fingerprint density at radius 3 is 2.74 bits per heavy atom. The molecule has 1 aliphatic carbocycles. The fourth-order valence-corrected chi connectivity index (χ4v) is 6.52. The molecule has 0 N–H and O–H groups in total. The number of hydrogen-bond donors (Lipinski definition) is 0. The van der Waals surface area contributed by atoms with Crippen molar-refractivity contribution >= 4 is 23.3 Å². The van der Waals surface area contributed by atoms with E-state index in [1.165, 1.54) is 4.90 Å². The Morgan fingerprint density at radius 2 is 2.02 bits per heavy atom. The lowest BCUT2D eigenvalue weighted by Gasteiger charge is -2.42. The lowest BCUT2D eigenvalue weighted by molar-refractivity contribution is -0.131. The molecule has 3 aliphatic rings. The number of halogens is 3. The van der Waals surface area contributed by atoms with Crippen LogP contribution in [0.15, 0.2) is 36.7 Å². The minimum atomic E-state index is -1.03. The molecule has 2 aromatic rings. The van der Waals surface area contributed by atoms with Crippen molar-refractivity contribution in [2.45, 2.75) is 57.0 Å². The van der Waals surface area contributed by atoms with Gasteiger partial charge in [-0.25, -0.2) is 8.78 Å². The Kier molecular flexibility index (Phi) is 9.91. The third kappa shape index (κ3) is 6.84. The molecular weight excluding hydrogens is 562 g/mol. The van der Waals surface area contributed by atoms with E-state index in [4.69, 9.17) is 26.3 Å². The van der Waals surface area contributed by atoms with Crippen molar-refractivity contribution < 1.29 is 18.3 Å². The minimum absolute atomic E-state index is 0.0718. The van der Waals surface area contributed by atoms with Gasteiger partial charge in [0, 0.05) is 49.4 Å². The number of ether oxygens (including phenoxy) is 1. The Morgan fingerprint density at radius 1 is 1.19 bits per heavy atom. The van der Waals surface area contributed by atoms with Crippen LogP contribution in [0.1, 0.15) is 42.5 Å². The molecule has 1 aromatic heterocycles. The van der Waals surface area contributed by atoms with Crippen LogP contribution in [0.3, 0.4) is 0 Å². The number of fused-ring (bicyclic) bond motifs is 1. The van der Waals surface area contributed by atoms with Gasteiger partial charge < -0.3 is 14.5 Å². The second-order valence-corrected chi connectivity index (χ2v) is 11.7. The Bertz CT molecular complexity index is 1340. The van der Waals surface area contributed by atoms with Gasteiger partial charge in [0.15, 0.2) is 5.83 Å². The van der Waals surface area contributed by atoms with Crippen LogP contribution in [-0.2, 0) is 24.1 Å². The van der Waals surface area contributed by atoms with Crippen molar-refractivity contribution in [2.24, 2.45) is 5.92 Å². The number of aryl methyl sites for hydroxylation is 1. The van der Waals surface area contributed by atoms with Crippen molar-refractivity contribution in [3.8, 4) is 12.1 Å². The first-order chi connectivity index (χ1) is 20.4. The van der Waals surface area contributed by atoms with Crippen molar-refractivity contribution in [2.75, 3.05) is 50.9 Å². The van der Waals surface area contributed by atoms with Crippen LogP contribution in [0.4, 0.5) is 14.6 Å². The molecule has 3 atom stereocenters. The number of nitriles is 1. The van der Waals surface area contributed by atoms with Crippen LogP contribution in [0.2, 0.25) is 5.02 Å². The molecule has 3 unspecified atom stereocenters. The number of carbonyl (C=O) groups excluding carboxylic acids is 1. The summed E-state index contributed by atoms with van der Waals surface area (Å²) in [6, 6.07) is 10.00. The lowest BCUT2D eigenvalue weighted by atomic mass is 9.83. The van der Waals surface area contributed by atoms with Gasteiger partial charge in [0.05, 0.1) is 24.2 Å². The van der Waals surface area contributed by atoms with E-state index in [0.717, 1.165) is 72.7 Å². The molecule has 0 saturated carbocycles. The highest BCUT2D eigenvalue weighted by atomic mass is 35.5. The van der Waals surface area contributed by atoms with E-state index in [0.29, 0.717) is 32.2 Å². The Balaban J connectivity index is 1.36. The van der Waals surface area contributed by atoms with Crippen LogP contribution < -0.4 is 9.64 Å². The Labute approximate surface area is 250 Å². The first kappa shape index (κ1) is 30.2. The average Bonchev–Trinajstić information content (AvgIpc) is 2.98. The quantitative estimate of drug-likeness (QED) is 0.347. The van der Waals surface area contributed by atoms with E-state index >= 15 is 0 Å². The van der Waals surface area contributed by atoms with Crippen molar-refractivity contribution in [1.82, 2.24) is 19.8 Å². The number of benzene rings is 1. The van der Waals surface area contributed by atoms with Crippen LogP contribution in [0, 0.1) is 17.2 Å². The van der Waals surface area contributed by atoms with Crippen LogP contribution in [0.5, 0.6) is 6.01 Å². The van der Waals surface area contributed by atoms with Gasteiger partial charge in [-0.15, -0.1) is 0 Å². The molecule has 1 aromatic carbocycles. The number of rotatable bonds is 11. The average molecular weight is 599 g/mol. The summed E-state index contributed by atoms with van der Waals surface area (Å²) in [4.78, 5) is 27.7. The zero-order chi connectivity index (χ0) is 29.6. The summed E-state index contributed by atoms with van der Waals surface area (Å²) in [6.07, 6.45) is 5.45. The second-order valence-electron chi connectivity index (χ2n) is 11.3. The number of likely N-dealkylation sites (tertiary alicyclic amines) is 1. The molecule has 2 saturated heterocycles. The maximum atomic E-state index is 13.7. The molecule has 1 amide bonds. The number of anilines is 1. The highest BCUT2D eigenvalue weighted by Crippen LogP contribution is 2.35. The summed E-state index contributed by atoms with van der Waals surface area (Å²) in [5.41, 5.74) is 3.15. The summed E-state index contributed by atoms with van der Waals surface area (Å²) in [5, 5.41) is 10.2. The Hall–Kier alpha value is -3.29. The third-order valence-corrected chi connectivity index (χ3v) is 9.13. The molecular formula is C31H37ClF2N6O2. The molecule has 2 fully saturated rings. The van der Waals surface area contributed by atoms with Crippen molar-refractivity contribution in [3.05, 3.63) is 58.5 Å². The maximum absolute atomic E-state index is 13.7. The summed E-state index contributed by atoms with van der Waals surface area (Å²) in [5.74, 6) is -0.624. The SMILES string of the molecule is C=C(F)C(=O)N1CCN(c2nc(OCC3CCN3CCF)nc3c2CCC(CCc2ccccc2Cl)C3)CC1CC#N. The maximum Gasteiger partial charge on any atom is 0.318 e. The van der Waals surface area contributed by atoms with Gasteiger partial charge in [-0.3, -0.25) is 9.69 Å². The standard InChI is InChI=1S/C31H37ClF2N6O2/c1-21(34)30(41)40-17-16-39(19-24(40)10-13-35)29-26-9-7-22(6-8-23-4-2-3-5-27(23)32)18-28(26)36-31(37-29)42-20-25-11-14-38(25)15-12-33/h2-5,22,24-25H,1,6-12,14-20H2. The van der Waals surface area contributed by atoms with E-state index in [1.54, 1.807) is 0 Å². The molecule has 42 heavy (non-hydrogen) atoms. The summed E-state index contributed by atoms with van der Waals surface area (Å²) >= 11 is 6.40. The van der Waals surface area contributed by atoms with E-state index in [2.05, 4.69) is 28.5 Å². The van der Waals surface area contributed by atoms with Gasteiger partial charge in [-0.1, -0.05) is 36.4 Å². The molecule has 2 aliphatic heterocycles. The molecule has 0 radical (unpaired) electrons. The van der Waals surface area contributed by atoms with Gasteiger partial charge in [0.2, 0.25) is 0 Å². The number of carbonyl (C=O) groups is 1. The predicted molar refractivity (Wildman–Crippen MR) is 157 cm³/mol. The normalized spacial score (nSPS) is 22.2. The van der Waals surface area contributed by atoms with Crippen molar-refractivity contribution in [1.29, 1.82) is 5.26 Å². The smallest absolute Gasteiger partial charge is 0.318 e. The molecule has 5 rings (SSSR count). The third-order valence-electron chi connectivity index (χ3n) is 8.76. The highest BCUT2D eigenvalue weighted by molar-refractivity contribution is 6.31. The molecule has 224 valence electrons. The van der Waals surface area contributed by atoms with Crippen LogP contribution in [0.25, 0.3) is 0 Å². The fourth-order valence-electron chi connectivity index (χ4n) is 6.28. The van der Waals surface area contributed by atoms with Crippen LogP contribution in [-0.4, -0.2) is 83.8 Å². The molecule has 8 nitrogen and oxygen atoms in total. The van der Waals surface area contributed by atoms with Gasteiger partial charge in [-0.05, 0) is 56.1 Å². The zero-order valence-corrected chi connectivity index (χ0v) is 24.5. The minimum Gasteiger partial charge on any atom is -0.462 e. The highest BCUT2D eigenvalue weighted by Gasteiger charge is 2.35. The van der Waals surface area contributed by atoms with Crippen LogP contribution >= 0.6 is 11.6 Å². The summed E-state index contributed by atoms with van der Waals surface area (Å²) in [6.45, 7) is 5.44. The van der Waals surface area contributed by atoms with Gasteiger partial charge in [0.25, 0.3) is 5.91 Å². The van der Waals surface area contributed by atoms with E-state index in [9.17, 15) is 18.8 Å². The molecule has 0 spiro atoms. The predicted octanol–water partition coefficient (Wildman–Crippen LogP) is 4.70. The number of piperazine rings is 1.